The molecule has 2 aromatic carbocycles. The number of aromatic nitrogens is 1. The highest BCUT2D eigenvalue weighted by Gasteiger charge is 2.30. The number of fused-ring (bicyclic) bond motifs is 1. The van der Waals surface area contributed by atoms with Crippen LogP contribution in [0.15, 0.2) is 54.7 Å². The van der Waals surface area contributed by atoms with Gasteiger partial charge in [-0.1, -0.05) is 18.2 Å². The number of halogens is 3. The van der Waals surface area contributed by atoms with E-state index >= 15 is 0 Å². The van der Waals surface area contributed by atoms with E-state index in [1.54, 1.807) is 30.3 Å². The van der Waals surface area contributed by atoms with Crippen LogP contribution >= 0.6 is 0 Å². The van der Waals surface area contributed by atoms with Gasteiger partial charge in [0.15, 0.2) is 0 Å². The van der Waals surface area contributed by atoms with Crippen molar-refractivity contribution in [1.29, 1.82) is 0 Å². The van der Waals surface area contributed by atoms with Gasteiger partial charge in [0.1, 0.15) is 0 Å². The Morgan fingerprint density at radius 2 is 1.86 bits per heavy atom. The van der Waals surface area contributed by atoms with E-state index in [9.17, 15) is 18.0 Å². The Hall–Kier alpha value is -3.13. The number of anilines is 2. The van der Waals surface area contributed by atoms with E-state index in [0.29, 0.717) is 35.3 Å². The van der Waals surface area contributed by atoms with Gasteiger partial charge in [-0.25, -0.2) is 0 Å². The molecule has 0 aliphatic rings. The van der Waals surface area contributed by atoms with E-state index in [0.717, 1.165) is 12.1 Å². The molecule has 1 heterocycles. The molecule has 8 heteroatoms. The lowest BCUT2D eigenvalue weighted by Crippen LogP contribution is -2.25. The van der Waals surface area contributed by atoms with Crippen molar-refractivity contribution in [3.8, 4) is 0 Å². The maximum Gasteiger partial charge on any atom is 0.416 e. The van der Waals surface area contributed by atoms with Crippen LogP contribution in [0.1, 0.15) is 22.3 Å². The summed E-state index contributed by atoms with van der Waals surface area (Å²) in [4.78, 5) is 16.4. The molecule has 0 saturated heterocycles. The van der Waals surface area contributed by atoms with Crippen LogP contribution in [-0.4, -0.2) is 29.1 Å². The molecule has 3 aromatic rings. The predicted octanol–water partition coefficient (Wildman–Crippen LogP) is 4.11. The molecule has 0 saturated carbocycles. The third kappa shape index (κ3) is 4.40. The van der Waals surface area contributed by atoms with Crippen LogP contribution in [0.4, 0.5) is 24.5 Å². The van der Waals surface area contributed by atoms with E-state index in [2.05, 4.69) is 15.6 Å². The molecule has 3 rings (SSSR count). The van der Waals surface area contributed by atoms with E-state index in [1.165, 1.54) is 12.3 Å². The zero-order valence-electron chi connectivity index (χ0n) is 14.8. The molecule has 0 aliphatic carbocycles. The number of para-hydroxylation sites is 1. The Labute approximate surface area is 159 Å². The van der Waals surface area contributed by atoms with Gasteiger partial charge in [-0.05, 0) is 36.8 Å². The van der Waals surface area contributed by atoms with Crippen LogP contribution in [0.25, 0.3) is 10.9 Å². The molecule has 0 radical (unpaired) electrons. The number of hydrogen-bond acceptors (Lipinski definition) is 4. The molecule has 0 spiro atoms. The normalized spacial score (nSPS) is 11.4. The van der Waals surface area contributed by atoms with Crippen LogP contribution in [0.3, 0.4) is 0 Å². The second-order valence-corrected chi connectivity index (χ2v) is 6.09. The molecule has 0 aliphatic heterocycles. The topological polar surface area (TPSA) is 74.2 Å². The van der Waals surface area contributed by atoms with Crippen molar-refractivity contribution >= 4 is 28.2 Å². The first kappa shape index (κ1) is 19.6. The molecule has 28 heavy (non-hydrogen) atoms. The minimum Gasteiger partial charge on any atom is -0.396 e. The van der Waals surface area contributed by atoms with Gasteiger partial charge in [-0.2, -0.15) is 13.2 Å². The molecule has 0 atom stereocenters. The number of aliphatic hydroxyl groups is 1. The monoisotopic (exact) mass is 389 g/mol. The summed E-state index contributed by atoms with van der Waals surface area (Å²) < 4.78 is 38.8. The maximum atomic E-state index is 12.9. The van der Waals surface area contributed by atoms with Gasteiger partial charge < -0.3 is 15.7 Å². The fourth-order valence-corrected chi connectivity index (χ4v) is 2.74. The van der Waals surface area contributed by atoms with Gasteiger partial charge in [0.25, 0.3) is 5.91 Å². The van der Waals surface area contributed by atoms with Gasteiger partial charge in [-0.15, -0.1) is 0 Å². The molecular formula is C20H18F3N3O2. The molecule has 5 nitrogen and oxygen atoms in total. The van der Waals surface area contributed by atoms with Gasteiger partial charge in [-0.3, -0.25) is 9.78 Å². The van der Waals surface area contributed by atoms with Crippen molar-refractivity contribution in [2.45, 2.75) is 12.6 Å². The molecular weight excluding hydrogens is 371 g/mol. The third-order valence-electron chi connectivity index (χ3n) is 4.13. The molecule has 0 unspecified atom stereocenters. The molecule has 1 amide bonds. The molecule has 3 N–H and O–H groups in total. The minimum absolute atomic E-state index is 0.0247. The fraction of sp³-hybridized carbons (Fsp3) is 0.200. The average molecular weight is 389 g/mol. The van der Waals surface area contributed by atoms with Crippen molar-refractivity contribution in [3.05, 3.63) is 65.9 Å². The lowest BCUT2D eigenvalue weighted by molar-refractivity contribution is -0.137. The van der Waals surface area contributed by atoms with Crippen LogP contribution in [0.5, 0.6) is 0 Å². The van der Waals surface area contributed by atoms with Crippen molar-refractivity contribution in [1.82, 2.24) is 10.3 Å². The number of aliphatic hydroxyl groups excluding tert-OH is 1. The maximum absolute atomic E-state index is 12.9. The lowest BCUT2D eigenvalue weighted by Gasteiger charge is -2.14. The number of hydrogen-bond donors (Lipinski definition) is 3. The van der Waals surface area contributed by atoms with Crippen LogP contribution in [-0.2, 0) is 6.18 Å². The number of nitrogens with one attached hydrogen (secondary N) is 2. The highest BCUT2D eigenvalue weighted by Crippen LogP contribution is 2.33. The standard InChI is InChI=1S/C20H18F3N3O2/c21-20(22,23)13-6-7-14-17(8-10-24-18(14)12-13)26-16-5-2-1-4-15(16)19(28)25-9-3-11-27/h1-2,4-8,10,12,27H,3,9,11H2,(H,24,26)(H,25,28). The van der Waals surface area contributed by atoms with Crippen molar-refractivity contribution in [2.75, 3.05) is 18.5 Å². The third-order valence-corrected chi connectivity index (χ3v) is 4.13. The zero-order chi connectivity index (χ0) is 20.1. The minimum atomic E-state index is -4.45. The van der Waals surface area contributed by atoms with Crippen molar-refractivity contribution in [2.24, 2.45) is 0 Å². The van der Waals surface area contributed by atoms with Gasteiger partial charge in [0.05, 0.1) is 22.3 Å². The number of pyridine rings is 1. The molecule has 1 aromatic heterocycles. The van der Waals surface area contributed by atoms with Gasteiger partial charge >= 0.3 is 6.18 Å². The lowest BCUT2D eigenvalue weighted by atomic mass is 10.1. The Morgan fingerprint density at radius 3 is 2.61 bits per heavy atom. The Morgan fingerprint density at radius 1 is 1.07 bits per heavy atom. The van der Waals surface area contributed by atoms with Crippen LogP contribution < -0.4 is 10.6 Å². The van der Waals surface area contributed by atoms with Crippen LogP contribution in [0.2, 0.25) is 0 Å². The zero-order valence-corrected chi connectivity index (χ0v) is 14.8. The van der Waals surface area contributed by atoms with Gasteiger partial charge in [0, 0.05) is 30.4 Å². The molecule has 146 valence electrons. The Kier molecular flexibility index (Phi) is 5.79. The van der Waals surface area contributed by atoms with Crippen molar-refractivity contribution < 1.29 is 23.1 Å². The number of alkyl halides is 3. The predicted molar refractivity (Wildman–Crippen MR) is 101 cm³/mol. The Balaban J connectivity index is 1.92. The smallest absolute Gasteiger partial charge is 0.396 e. The summed E-state index contributed by atoms with van der Waals surface area (Å²) in [5, 5.41) is 15.2. The Bertz CT molecular complexity index is 990. The quantitative estimate of drug-likeness (QED) is 0.555. The first-order chi connectivity index (χ1) is 13.4. The summed E-state index contributed by atoms with van der Waals surface area (Å²) >= 11 is 0. The number of carbonyl (C=O) groups excluding carboxylic acids is 1. The summed E-state index contributed by atoms with van der Waals surface area (Å²) in [6.45, 7) is 0.311. The fourth-order valence-electron chi connectivity index (χ4n) is 2.74. The number of amides is 1. The number of benzene rings is 2. The average Bonchev–Trinajstić information content (AvgIpc) is 2.67. The number of carbonyl (C=O) groups is 1. The van der Waals surface area contributed by atoms with Crippen molar-refractivity contribution in [3.63, 3.8) is 0 Å². The van der Waals surface area contributed by atoms with Gasteiger partial charge in [0.2, 0.25) is 0 Å². The van der Waals surface area contributed by atoms with E-state index in [1.807, 2.05) is 0 Å². The largest absolute Gasteiger partial charge is 0.416 e. The summed E-state index contributed by atoms with van der Waals surface area (Å²) in [6, 6.07) is 11.8. The van der Waals surface area contributed by atoms with Crippen LogP contribution in [0, 0.1) is 0 Å². The number of nitrogens with zero attached hydrogens (tertiary/aromatic N) is 1. The highest BCUT2D eigenvalue weighted by atomic mass is 19.4. The highest BCUT2D eigenvalue weighted by molar-refractivity contribution is 6.02. The summed E-state index contributed by atoms with van der Waals surface area (Å²) in [5.41, 5.74) is 0.862. The summed E-state index contributed by atoms with van der Waals surface area (Å²) in [6.07, 6.45) is -2.59. The van der Waals surface area contributed by atoms with E-state index < -0.39 is 11.7 Å². The first-order valence-corrected chi connectivity index (χ1v) is 8.61. The first-order valence-electron chi connectivity index (χ1n) is 8.61. The van der Waals surface area contributed by atoms with E-state index in [-0.39, 0.29) is 18.0 Å². The molecule has 0 fully saturated rings. The second kappa shape index (κ2) is 8.26. The number of rotatable bonds is 6. The SMILES string of the molecule is O=C(NCCCO)c1ccccc1Nc1ccnc2cc(C(F)(F)F)ccc12. The summed E-state index contributed by atoms with van der Waals surface area (Å²) in [5.74, 6) is -0.311. The van der Waals surface area contributed by atoms with E-state index in [4.69, 9.17) is 5.11 Å². The second-order valence-electron chi connectivity index (χ2n) is 6.09. The summed E-state index contributed by atoms with van der Waals surface area (Å²) in [7, 11) is 0. The molecule has 0 bridgehead atoms.